The molecule has 1 aromatic rings. The van der Waals surface area contributed by atoms with Crippen molar-refractivity contribution in [1.29, 1.82) is 0 Å². The molecule has 18 heavy (non-hydrogen) atoms. The van der Waals surface area contributed by atoms with Crippen LogP contribution < -0.4 is 10.6 Å². The maximum absolute atomic E-state index is 12.2. The summed E-state index contributed by atoms with van der Waals surface area (Å²) in [5.74, 6) is -0.0405. The first kappa shape index (κ1) is 13.4. The molecule has 0 atom stereocenters. The standard InChI is InChI=1S/C14H19ClN2O/c1-10-3-4-11(9-12(10)15)13(18)17-14(2)5-7-16-8-6-14/h3-4,9,16H,5-8H2,1-2H3,(H,17,18). The van der Waals surface area contributed by atoms with Crippen molar-refractivity contribution in [1.82, 2.24) is 10.6 Å². The largest absolute Gasteiger partial charge is 0.347 e. The highest BCUT2D eigenvalue weighted by Crippen LogP contribution is 2.20. The van der Waals surface area contributed by atoms with E-state index >= 15 is 0 Å². The number of nitrogens with one attached hydrogen (secondary N) is 2. The van der Waals surface area contributed by atoms with Crippen LogP contribution in [-0.2, 0) is 0 Å². The first-order chi connectivity index (χ1) is 8.50. The Morgan fingerprint density at radius 1 is 1.39 bits per heavy atom. The first-order valence-electron chi connectivity index (χ1n) is 6.30. The van der Waals surface area contributed by atoms with E-state index in [4.69, 9.17) is 11.6 Å². The molecular weight excluding hydrogens is 248 g/mol. The number of amides is 1. The fourth-order valence-corrected chi connectivity index (χ4v) is 2.36. The van der Waals surface area contributed by atoms with Crippen LogP contribution in [0, 0.1) is 6.92 Å². The third-order valence-corrected chi connectivity index (χ3v) is 3.96. The number of carbonyl (C=O) groups is 1. The van der Waals surface area contributed by atoms with Gasteiger partial charge in [-0.3, -0.25) is 4.79 Å². The Morgan fingerprint density at radius 3 is 2.67 bits per heavy atom. The summed E-state index contributed by atoms with van der Waals surface area (Å²) in [5, 5.41) is 7.05. The van der Waals surface area contributed by atoms with E-state index in [1.165, 1.54) is 0 Å². The molecule has 4 heteroatoms. The number of rotatable bonds is 2. The average Bonchev–Trinajstić information content (AvgIpc) is 2.33. The van der Waals surface area contributed by atoms with Crippen LogP contribution in [-0.4, -0.2) is 24.5 Å². The molecule has 0 aliphatic carbocycles. The Kier molecular flexibility index (Phi) is 3.93. The number of hydrogen-bond acceptors (Lipinski definition) is 2. The molecule has 0 saturated carbocycles. The van der Waals surface area contributed by atoms with Crippen LogP contribution in [0.15, 0.2) is 18.2 Å². The van der Waals surface area contributed by atoms with E-state index in [2.05, 4.69) is 17.6 Å². The van der Waals surface area contributed by atoms with E-state index in [1.54, 1.807) is 6.07 Å². The van der Waals surface area contributed by atoms with Crippen LogP contribution in [0.5, 0.6) is 0 Å². The van der Waals surface area contributed by atoms with Gasteiger partial charge in [0.25, 0.3) is 5.91 Å². The predicted octanol–water partition coefficient (Wildman–Crippen LogP) is 2.52. The summed E-state index contributed by atoms with van der Waals surface area (Å²) in [5.41, 5.74) is 1.51. The molecular formula is C14H19ClN2O. The van der Waals surface area contributed by atoms with Crippen molar-refractivity contribution < 1.29 is 4.79 Å². The van der Waals surface area contributed by atoms with Gasteiger partial charge >= 0.3 is 0 Å². The molecule has 1 amide bonds. The van der Waals surface area contributed by atoms with Crippen molar-refractivity contribution in [2.75, 3.05) is 13.1 Å². The zero-order valence-electron chi connectivity index (χ0n) is 10.8. The van der Waals surface area contributed by atoms with E-state index in [9.17, 15) is 4.79 Å². The summed E-state index contributed by atoms with van der Waals surface area (Å²) >= 11 is 6.05. The number of halogens is 1. The second-order valence-electron chi connectivity index (χ2n) is 5.23. The van der Waals surface area contributed by atoms with Crippen molar-refractivity contribution in [2.24, 2.45) is 0 Å². The van der Waals surface area contributed by atoms with E-state index in [1.807, 2.05) is 19.1 Å². The van der Waals surface area contributed by atoms with Gasteiger partial charge in [-0.05, 0) is 57.5 Å². The zero-order valence-corrected chi connectivity index (χ0v) is 11.6. The van der Waals surface area contributed by atoms with E-state index in [0.29, 0.717) is 10.6 Å². The van der Waals surface area contributed by atoms with E-state index in [0.717, 1.165) is 31.5 Å². The van der Waals surface area contributed by atoms with Crippen LogP contribution in [0.25, 0.3) is 0 Å². The average molecular weight is 267 g/mol. The van der Waals surface area contributed by atoms with Gasteiger partial charge in [0.15, 0.2) is 0 Å². The third kappa shape index (κ3) is 3.03. The molecule has 1 saturated heterocycles. The summed E-state index contributed by atoms with van der Waals surface area (Å²) in [6.07, 6.45) is 1.91. The van der Waals surface area contributed by atoms with Gasteiger partial charge in [-0.25, -0.2) is 0 Å². The molecule has 0 radical (unpaired) electrons. The van der Waals surface area contributed by atoms with Crippen LogP contribution in [0.2, 0.25) is 5.02 Å². The Hall–Kier alpha value is -1.06. The Morgan fingerprint density at radius 2 is 2.06 bits per heavy atom. The quantitative estimate of drug-likeness (QED) is 0.864. The van der Waals surface area contributed by atoms with Crippen LogP contribution >= 0.6 is 11.6 Å². The van der Waals surface area contributed by atoms with Crippen molar-refractivity contribution in [3.8, 4) is 0 Å². The fourth-order valence-electron chi connectivity index (χ4n) is 2.18. The summed E-state index contributed by atoms with van der Waals surface area (Å²) < 4.78 is 0. The highest BCUT2D eigenvalue weighted by Gasteiger charge is 2.28. The second kappa shape index (κ2) is 5.29. The number of carbonyl (C=O) groups excluding carboxylic acids is 1. The fraction of sp³-hybridized carbons (Fsp3) is 0.500. The van der Waals surface area contributed by atoms with Gasteiger partial charge in [0.2, 0.25) is 0 Å². The lowest BCUT2D eigenvalue weighted by molar-refractivity contribution is 0.0887. The van der Waals surface area contributed by atoms with E-state index in [-0.39, 0.29) is 11.4 Å². The molecule has 0 aromatic heterocycles. The van der Waals surface area contributed by atoms with Crippen molar-refractivity contribution in [3.05, 3.63) is 34.3 Å². The lowest BCUT2D eigenvalue weighted by Crippen LogP contribution is -2.52. The summed E-state index contributed by atoms with van der Waals surface area (Å²) in [6, 6.07) is 5.43. The molecule has 1 heterocycles. The molecule has 0 bridgehead atoms. The minimum Gasteiger partial charge on any atom is -0.347 e. The van der Waals surface area contributed by atoms with Gasteiger partial charge < -0.3 is 10.6 Å². The maximum atomic E-state index is 12.2. The number of benzene rings is 1. The topological polar surface area (TPSA) is 41.1 Å². The maximum Gasteiger partial charge on any atom is 0.251 e. The normalized spacial score (nSPS) is 18.4. The minimum absolute atomic E-state index is 0.0405. The smallest absolute Gasteiger partial charge is 0.251 e. The molecule has 2 rings (SSSR count). The molecule has 3 nitrogen and oxygen atoms in total. The minimum atomic E-state index is -0.111. The zero-order chi connectivity index (χ0) is 13.2. The Bertz CT molecular complexity index is 453. The van der Waals surface area contributed by atoms with Gasteiger partial charge in [0.05, 0.1) is 0 Å². The summed E-state index contributed by atoms with van der Waals surface area (Å²) in [6.45, 7) is 5.93. The first-order valence-corrected chi connectivity index (χ1v) is 6.67. The summed E-state index contributed by atoms with van der Waals surface area (Å²) in [7, 11) is 0. The predicted molar refractivity (Wildman–Crippen MR) is 74.2 cm³/mol. The highest BCUT2D eigenvalue weighted by atomic mass is 35.5. The van der Waals surface area contributed by atoms with Gasteiger partial charge in [-0.15, -0.1) is 0 Å². The molecule has 1 aliphatic heterocycles. The molecule has 1 aromatic carbocycles. The van der Waals surface area contributed by atoms with Gasteiger partial charge in [0.1, 0.15) is 0 Å². The monoisotopic (exact) mass is 266 g/mol. The van der Waals surface area contributed by atoms with Crippen molar-refractivity contribution >= 4 is 17.5 Å². The van der Waals surface area contributed by atoms with E-state index < -0.39 is 0 Å². The van der Waals surface area contributed by atoms with Crippen LogP contribution in [0.1, 0.15) is 35.7 Å². The van der Waals surface area contributed by atoms with Gasteiger partial charge in [-0.2, -0.15) is 0 Å². The third-order valence-electron chi connectivity index (χ3n) is 3.56. The number of hydrogen-bond donors (Lipinski definition) is 2. The highest BCUT2D eigenvalue weighted by molar-refractivity contribution is 6.31. The van der Waals surface area contributed by atoms with Crippen molar-refractivity contribution in [3.63, 3.8) is 0 Å². The van der Waals surface area contributed by atoms with Crippen molar-refractivity contribution in [2.45, 2.75) is 32.2 Å². The lowest BCUT2D eigenvalue weighted by atomic mass is 9.90. The molecule has 0 unspecified atom stereocenters. The molecule has 1 fully saturated rings. The second-order valence-corrected chi connectivity index (χ2v) is 5.64. The van der Waals surface area contributed by atoms with Crippen LogP contribution in [0.4, 0.5) is 0 Å². The lowest BCUT2D eigenvalue weighted by Gasteiger charge is -2.35. The molecule has 2 N–H and O–H groups in total. The number of aryl methyl sites for hydroxylation is 1. The van der Waals surface area contributed by atoms with Crippen LogP contribution in [0.3, 0.4) is 0 Å². The van der Waals surface area contributed by atoms with Gasteiger partial charge in [-0.1, -0.05) is 17.7 Å². The van der Waals surface area contributed by atoms with Gasteiger partial charge in [0, 0.05) is 16.1 Å². The SMILES string of the molecule is Cc1ccc(C(=O)NC2(C)CCNCC2)cc1Cl. The number of piperidine rings is 1. The Labute approximate surface area is 113 Å². The molecule has 98 valence electrons. The summed E-state index contributed by atoms with van der Waals surface area (Å²) in [4.78, 5) is 12.2. The molecule has 1 aliphatic rings. The Balaban J connectivity index is 2.09. The molecule has 0 spiro atoms.